The van der Waals surface area contributed by atoms with Gasteiger partial charge < -0.3 is 5.32 Å². The van der Waals surface area contributed by atoms with Crippen molar-refractivity contribution >= 4 is 102 Å². The fourth-order valence-electron chi connectivity index (χ4n) is 4.89. The van der Waals surface area contributed by atoms with Gasteiger partial charge in [0.25, 0.3) is 17.5 Å². The number of carbonyl (C=O) groups excluding carboxylic acids is 2. The molecule has 9 nitrogen and oxygen atoms in total. The van der Waals surface area contributed by atoms with E-state index in [-0.39, 0.29) is 17.5 Å². The van der Waals surface area contributed by atoms with E-state index in [4.69, 9.17) is 16.6 Å². The number of aliphatic imine (C=N–C) groups is 1. The average molecular weight is 720 g/mol. The summed E-state index contributed by atoms with van der Waals surface area (Å²) in [7, 11) is 0. The molecule has 0 atom stereocenters. The van der Waals surface area contributed by atoms with Crippen molar-refractivity contribution in [2.24, 2.45) is 4.99 Å². The molecule has 2 heterocycles. The van der Waals surface area contributed by atoms with E-state index in [1.807, 2.05) is 66.7 Å². The largest absolute Gasteiger partial charge is 0.322 e. The van der Waals surface area contributed by atoms with Crippen molar-refractivity contribution in [2.75, 3.05) is 10.2 Å². The lowest BCUT2D eigenvalue weighted by molar-refractivity contribution is -0.387. The number of halogens is 1. The summed E-state index contributed by atoms with van der Waals surface area (Å²) < 4.78 is 1.42. The number of nitrogens with one attached hydrogen (secondary N) is 1. The van der Waals surface area contributed by atoms with E-state index in [1.54, 1.807) is 59.5 Å². The summed E-state index contributed by atoms with van der Waals surface area (Å²) >= 11 is 9.69. The van der Waals surface area contributed by atoms with Gasteiger partial charge in [0.2, 0.25) is 0 Å². The number of thioether (sulfide) groups is 1. The summed E-state index contributed by atoms with van der Waals surface area (Å²) in [5.41, 5.74) is 3.54. The van der Waals surface area contributed by atoms with Crippen LogP contribution in [-0.2, 0) is 4.79 Å². The molecule has 0 radical (unpaired) electrons. The maximum absolute atomic E-state index is 13.7. The molecule has 1 fully saturated rings. The van der Waals surface area contributed by atoms with Crippen LogP contribution in [0.3, 0.4) is 0 Å². The molecule has 0 bridgehead atoms. The predicted octanol–water partition coefficient (Wildman–Crippen LogP) is 10.1. The molecule has 1 aromatic heterocycles. The van der Waals surface area contributed by atoms with E-state index in [1.165, 1.54) is 40.9 Å². The van der Waals surface area contributed by atoms with E-state index in [0.717, 1.165) is 4.70 Å². The summed E-state index contributed by atoms with van der Waals surface area (Å²) in [6, 6.07) is 35.4. The van der Waals surface area contributed by atoms with Gasteiger partial charge in [-0.1, -0.05) is 65.8 Å². The molecular weight excluding hydrogens is 698 g/mol. The van der Waals surface area contributed by atoms with Crippen molar-refractivity contribution in [2.45, 2.75) is 9.24 Å². The van der Waals surface area contributed by atoms with Gasteiger partial charge in [-0.15, -0.1) is 11.3 Å². The minimum Gasteiger partial charge on any atom is -0.322 e. The van der Waals surface area contributed by atoms with Crippen LogP contribution in [0.25, 0.3) is 16.3 Å². The number of hydrogen-bond acceptors (Lipinski definition) is 9. The number of carbonyl (C=O) groups is 2. The number of fused-ring (bicyclic) bond motifs is 1. The quantitative estimate of drug-likeness (QED) is 0.0945. The van der Waals surface area contributed by atoms with Gasteiger partial charge in [-0.3, -0.25) is 24.6 Å². The van der Waals surface area contributed by atoms with Crippen molar-refractivity contribution < 1.29 is 14.5 Å². The van der Waals surface area contributed by atoms with Crippen LogP contribution in [0.4, 0.5) is 22.7 Å². The van der Waals surface area contributed by atoms with Gasteiger partial charge in [0.15, 0.2) is 9.51 Å². The minimum atomic E-state index is -0.440. The van der Waals surface area contributed by atoms with Gasteiger partial charge in [-0.25, -0.2) is 9.98 Å². The van der Waals surface area contributed by atoms with E-state index < -0.39 is 4.92 Å². The molecule has 49 heavy (non-hydrogen) atoms. The number of para-hydroxylation sites is 2. The van der Waals surface area contributed by atoms with Crippen LogP contribution in [0.1, 0.15) is 15.9 Å². The van der Waals surface area contributed by atoms with E-state index >= 15 is 0 Å². The molecule has 1 aliphatic heterocycles. The summed E-state index contributed by atoms with van der Waals surface area (Å²) in [5.74, 6) is -0.545. The van der Waals surface area contributed by atoms with Crippen LogP contribution in [0.2, 0.25) is 5.02 Å². The Balaban J connectivity index is 1.13. The predicted molar refractivity (Wildman–Crippen MR) is 199 cm³/mol. The zero-order chi connectivity index (χ0) is 33.9. The van der Waals surface area contributed by atoms with Gasteiger partial charge >= 0.3 is 0 Å². The first kappa shape index (κ1) is 32.3. The van der Waals surface area contributed by atoms with E-state index in [0.29, 0.717) is 58.0 Å². The second-order valence-corrected chi connectivity index (χ2v) is 14.3. The molecule has 1 N–H and O–H groups in total. The summed E-state index contributed by atoms with van der Waals surface area (Å²) in [4.78, 5) is 49.8. The maximum atomic E-state index is 13.7. The highest BCUT2D eigenvalue weighted by Gasteiger charge is 2.35. The number of nitrogens with zero attached hydrogens (tertiary/aromatic N) is 4. The number of nitro groups is 1. The minimum absolute atomic E-state index is 0.108. The molecule has 0 saturated carbocycles. The van der Waals surface area contributed by atoms with Gasteiger partial charge in [0, 0.05) is 22.3 Å². The highest BCUT2D eigenvalue weighted by Crippen LogP contribution is 2.41. The van der Waals surface area contributed by atoms with E-state index in [9.17, 15) is 19.7 Å². The molecule has 0 aliphatic carbocycles. The molecule has 0 spiro atoms. The molecule has 6 aromatic rings. The van der Waals surface area contributed by atoms with Gasteiger partial charge in [0.05, 0.1) is 36.3 Å². The van der Waals surface area contributed by atoms with Crippen LogP contribution in [-0.4, -0.2) is 26.9 Å². The Morgan fingerprint density at radius 3 is 2.41 bits per heavy atom. The first-order valence-corrected chi connectivity index (χ1v) is 17.5. The zero-order valence-electron chi connectivity index (χ0n) is 25.1. The van der Waals surface area contributed by atoms with Crippen LogP contribution < -0.4 is 10.2 Å². The van der Waals surface area contributed by atoms with Gasteiger partial charge in [-0.2, -0.15) is 0 Å². The number of thiazole rings is 1. The number of amidine groups is 1. The topological polar surface area (TPSA) is 118 Å². The fraction of sp³-hybridized carbons (Fsp3) is 0. The lowest BCUT2D eigenvalue weighted by atomic mass is 10.2. The Morgan fingerprint density at radius 1 is 0.939 bits per heavy atom. The number of anilines is 2. The first-order valence-electron chi connectivity index (χ1n) is 14.7. The lowest BCUT2D eigenvalue weighted by Crippen LogP contribution is -2.28. The van der Waals surface area contributed by atoms with Gasteiger partial charge in [0.1, 0.15) is 0 Å². The number of benzene rings is 5. The standard InChI is InChI=1S/C36H22ClN5O4S3/c37-24-14-12-23(13-15-24)33(43)38-26-16-17-28-31(21-26)49-36(40-28)48-30-18-11-22(19-29(30)42(45)46)20-32-34(44)41(27-9-5-2-6-10-27)35(47-32)39-25-7-3-1-4-8-25/h1-21H,(H,38,43)/b32-20-,39-35?. The Kier molecular flexibility index (Phi) is 9.27. The first-order chi connectivity index (χ1) is 23.8. The van der Waals surface area contributed by atoms with Crippen molar-refractivity contribution in [3.05, 3.63) is 152 Å². The Labute approximate surface area is 297 Å². The molecule has 1 saturated heterocycles. The van der Waals surface area contributed by atoms with E-state index in [2.05, 4.69) is 10.3 Å². The summed E-state index contributed by atoms with van der Waals surface area (Å²) in [6.45, 7) is 0. The van der Waals surface area contributed by atoms with Crippen molar-refractivity contribution in [3.8, 4) is 0 Å². The monoisotopic (exact) mass is 719 g/mol. The van der Waals surface area contributed by atoms with Crippen LogP contribution in [0, 0.1) is 10.1 Å². The lowest BCUT2D eigenvalue weighted by Gasteiger charge is -2.15. The SMILES string of the molecule is O=C(Nc1ccc2nc(Sc3ccc(/C=C4\SC(=Nc5ccccc5)N(c5ccccc5)C4=O)cc3[N+](=O)[O-])sc2c1)c1ccc(Cl)cc1. The number of rotatable bonds is 8. The molecule has 13 heteroatoms. The zero-order valence-corrected chi connectivity index (χ0v) is 28.4. The average Bonchev–Trinajstić information content (AvgIpc) is 3.64. The summed E-state index contributed by atoms with van der Waals surface area (Å²) in [6.07, 6.45) is 1.65. The third-order valence-electron chi connectivity index (χ3n) is 7.21. The third-order valence-corrected chi connectivity index (χ3v) is 10.6. The van der Waals surface area contributed by atoms with Crippen molar-refractivity contribution in [3.63, 3.8) is 0 Å². The Hall–Kier alpha value is -5.27. The van der Waals surface area contributed by atoms with Crippen molar-refractivity contribution in [1.82, 2.24) is 4.98 Å². The molecule has 1 aliphatic rings. The normalized spacial score (nSPS) is 14.6. The van der Waals surface area contributed by atoms with Gasteiger partial charge in [-0.05, 0) is 96.2 Å². The second kappa shape index (κ2) is 14.1. The molecular formula is C36H22ClN5O4S3. The number of hydrogen-bond donors (Lipinski definition) is 1. The highest BCUT2D eigenvalue weighted by atomic mass is 35.5. The van der Waals surface area contributed by atoms with Crippen LogP contribution in [0.5, 0.6) is 0 Å². The maximum Gasteiger partial charge on any atom is 0.283 e. The Morgan fingerprint density at radius 2 is 1.67 bits per heavy atom. The van der Waals surface area contributed by atoms with Crippen molar-refractivity contribution in [1.29, 1.82) is 0 Å². The highest BCUT2D eigenvalue weighted by molar-refractivity contribution is 8.19. The molecule has 7 rings (SSSR count). The molecule has 2 amide bonds. The van der Waals surface area contributed by atoms with Crippen LogP contribution in [0.15, 0.2) is 140 Å². The number of amides is 2. The Bertz CT molecular complexity index is 2300. The molecule has 5 aromatic carbocycles. The van der Waals surface area contributed by atoms with Crippen LogP contribution >= 0.6 is 46.5 Å². The third kappa shape index (κ3) is 7.27. The smallest absolute Gasteiger partial charge is 0.283 e. The second-order valence-electron chi connectivity index (χ2n) is 10.5. The molecule has 240 valence electrons. The summed E-state index contributed by atoms with van der Waals surface area (Å²) in [5, 5.41) is 16.1. The number of aromatic nitrogens is 1. The molecule has 0 unspecified atom stereocenters. The fourth-order valence-corrected chi connectivity index (χ4v) is 8.17. The number of nitro benzene ring substituents is 1.